The first kappa shape index (κ1) is 17.5. The molecular weight excluding hydrogens is 300 g/mol. The number of aryl methyl sites for hydroxylation is 1. The number of nitrogens with zero attached hydrogens (tertiary/aromatic N) is 1. The Morgan fingerprint density at radius 2 is 2.18 bits per heavy atom. The summed E-state index contributed by atoms with van der Waals surface area (Å²) in [6.45, 7) is 5.88. The van der Waals surface area contributed by atoms with E-state index >= 15 is 0 Å². The fraction of sp³-hybridized carbons (Fsp3) is 0.647. The first-order valence-corrected chi connectivity index (χ1v) is 8.53. The van der Waals surface area contributed by atoms with Crippen molar-refractivity contribution in [1.29, 1.82) is 0 Å². The molecule has 0 radical (unpaired) electrons. The van der Waals surface area contributed by atoms with E-state index in [9.17, 15) is 10.2 Å². The lowest BCUT2D eigenvalue weighted by Crippen LogP contribution is -2.33. The fourth-order valence-corrected chi connectivity index (χ4v) is 3.42. The van der Waals surface area contributed by atoms with Gasteiger partial charge in [-0.05, 0) is 69.9 Å². The lowest BCUT2D eigenvalue weighted by Gasteiger charge is -2.22. The lowest BCUT2D eigenvalue weighted by atomic mass is 10.1. The van der Waals surface area contributed by atoms with Crippen molar-refractivity contribution >= 4 is 11.6 Å². The van der Waals surface area contributed by atoms with E-state index in [4.69, 9.17) is 11.6 Å². The maximum absolute atomic E-state index is 10.00. The molecule has 1 aliphatic heterocycles. The van der Waals surface area contributed by atoms with Crippen LogP contribution in [0.15, 0.2) is 12.1 Å². The molecule has 0 aliphatic carbocycles. The number of unbranched alkanes of at least 4 members (excludes halogenated alkanes) is 1. The van der Waals surface area contributed by atoms with Crippen LogP contribution < -0.4 is 5.32 Å². The van der Waals surface area contributed by atoms with E-state index in [1.165, 1.54) is 6.42 Å². The van der Waals surface area contributed by atoms with Gasteiger partial charge in [0.15, 0.2) is 0 Å². The molecule has 22 heavy (non-hydrogen) atoms. The van der Waals surface area contributed by atoms with Gasteiger partial charge in [0.05, 0.1) is 6.61 Å². The number of hydrogen-bond acceptors (Lipinski definition) is 4. The van der Waals surface area contributed by atoms with Gasteiger partial charge in [0.1, 0.15) is 5.75 Å². The predicted molar refractivity (Wildman–Crippen MR) is 90.5 cm³/mol. The number of likely N-dealkylation sites (tertiary alicyclic amines) is 1. The highest BCUT2D eigenvalue weighted by Crippen LogP contribution is 2.26. The Balaban J connectivity index is 1.64. The van der Waals surface area contributed by atoms with Crippen LogP contribution >= 0.6 is 11.6 Å². The molecule has 1 fully saturated rings. The molecule has 1 saturated heterocycles. The monoisotopic (exact) mass is 326 g/mol. The highest BCUT2D eigenvalue weighted by Gasteiger charge is 2.22. The number of aliphatic hydroxyl groups excluding tert-OH is 1. The molecule has 124 valence electrons. The molecule has 3 N–H and O–H groups in total. The van der Waals surface area contributed by atoms with Crippen molar-refractivity contribution in [2.75, 3.05) is 26.2 Å². The van der Waals surface area contributed by atoms with Crippen molar-refractivity contribution < 1.29 is 10.2 Å². The summed E-state index contributed by atoms with van der Waals surface area (Å²) in [5.74, 6) is 0.333. The minimum Gasteiger partial charge on any atom is -0.507 e. The molecule has 0 saturated carbocycles. The van der Waals surface area contributed by atoms with Gasteiger partial charge < -0.3 is 15.5 Å². The maximum Gasteiger partial charge on any atom is 0.123 e. The van der Waals surface area contributed by atoms with Crippen molar-refractivity contribution in [3.05, 3.63) is 28.3 Å². The van der Waals surface area contributed by atoms with Gasteiger partial charge in [-0.15, -0.1) is 0 Å². The third-order valence-corrected chi connectivity index (χ3v) is 4.64. The molecule has 1 heterocycles. The van der Waals surface area contributed by atoms with E-state index < -0.39 is 0 Å². The summed E-state index contributed by atoms with van der Waals surface area (Å²) in [5.41, 5.74) is 1.67. The van der Waals surface area contributed by atoms with Gasteiger partial charge in [-0.3, -0.25) is 4.90 Å². The van der Waals surface area contributed by atoms with Crippen molar-refractivity contribution in [2.24, 2.45) is 0 Å². The van der Waals surface area contributed by atoms with E-state index in [1.807, 2.05) is 13.0 Å². The van der Waals surface area contributed by atoms with Crippen LogP contribution in [0.1, 0.15) is 36.8 Å². The van der Waals surface area contributed by atoms with Crippen LogP contribution in [0.2, 0.25) is 5.02 Å². The molecule has 1 aliphatic rings. The van der Waals surface area contributed by atoms with Gasteiger partial charge in [-0.2, -0.15) is 0 Å². The van der Waals surface area contributed by atoms with Gasteiger partial charge in [0, 0.05) is 23.2 Å². The minimum atomic E-state index is 0.283. The summed E-state index contributed by atoms with van der Waals surface area (Å²) in [6, 6.07) is 3.96. The Morgan fingerprint density at radius 1 is 1.36 bits per heavy atom. The molecule has 1 aromatic carbocycles. The van der Waals surface area contributed by atoms with Crippen LogP contribution in [0.3, 0.4) is 0 Å². The third kappa shape index (κ3) is 4.85. The van der Waals surface area contributed by atoms with Gasteiger partial charge >= 0.3 is 0 Å². The van der Waals surface area contributed by atoms with E-state index in [0.717, 1.165) is 50.0 Å². The van der Waals surface area contributed by atoms with Crippen LogP contribution in [-0.2, 0) is 6.54 Å². The molecule has 2 rings (SSSR count). The Bertz CT molecular complexity index is 482. The minimum absolute atomic E-state index is 0.283. The Labute approximate surface area is 138 Å². The Kier molecular flexibility index (Phi) is 6.96. The topological polar surface area (TPSA) is 55.7 Å². The predicted octanol–water partition coefficient (Wildman–Crippen LogP) is 2.68. The molecule has 1 unspecified atom stereocenters. The summed E-state index contributed by atoms with van der Waals surface area (Å²) in [4.78, 5) is 2.39. The normalized spacial score (nSPS) is 19.0. The Hall–Kier alpha value is -0.810. The first-order valence-electron chi connectivity index (χ1n) is 8.15. The highest BCUT2D eigenvalue weighted by atomic mass is 35.5. The van der Waals surface area contributed by atoms with Gasteiger partial charge in [0.2, 0.25) is 0 Å². The van der Waals surface area contributed by atoms with E-state index in [2.05, 4.69) is 10.2 Å². The number of aliphatic hydroxyl groups is 1. The molecular formula is C17H27ClN2O2. The number of halogens is 1. The van der Waals surface area contributed by atoms with Crippen molar-refractivity contribution in [3.8, 4) is 5.75 Å². The second kappa shape index (κ2) is 8.73. The number of nitrogens with one attached hydrogen (secondary N) is 1. The number of rotatable bonds is 8. The average Bonchev–Trinajstić information content (AvgIpc) is 2.94. The zero-order valence-electron chi connectivity index (χ0n) is 13.3. The van der Waals surface area contributed by atoms with Crippen LogP contribution in [0.4, 0.5) is 0 Å². The fourth-order valence-electron chi connectivity index (χ4n) is 3.12. The zero-order chi connectivity index (χ0) is 15.9. The van der Waals surface area contributed by atoms with Crippen molar-refractivity contribution in [3.63, 3.8) is 0 Å². The third-order valence-electron chi connectivity index (χ3n) is 4.42. The number of aromatic hydroxyl groups is 1. The molecule has 4 nitrogen and oxygen atoms in total. The standard InChI is InChI=1S/C17H27ClN2O2/c1-13-9-15(18)10-14(17(13)22)11-19-6-2-3-7-20-8-4-5-16(20)12-21/h9-10,16,19,21-22H,2-8,11-12H2,1H3. The Morgan fingerprint density at radius 3 is 2.95 bits per heavy atom. The second-order valence-corrected chi connectivity index (χ2v) is 6.57. The quantitative estimate of drug-likeness (QED) is 0.643. The zero-order valence-corrected chi connectivity index (χ0v) is 14.1. The number of phenolic OH excluding ortho intramolecular Hbond substituents is 1. The maximum atomic E-state index is 10.00. The lowest BCUT2D eigenvalue weighted by molar-refractivity contribution is 0.157. The molecule has 0 bridgehead atoms. The van der Waals surface area contributed by atoms with Gasteiger partial charge in [0.25, 0.3) is 0 Å². The molecule has 1 atom stereocenters. The van der Waals surface area contributed by atoms with E-state index in [1.54, 1.807) is 6.07 Å². The van der Waals surface area contributed by atoms with Crippen LogP contribution in [0.25, 0.3) is 0 Å². The molecule has 5 heteroatoms. The van der Waals surface area contributed by atoms with Crippen LogP contribution in [0.5, 0.6) is 5.75 Å². The van der Waals surface area contributed by atoms with Gasteiger partial charge in [-0.25, -0.2) is 0 Å². The molecule has 0 amide bonds. The van der Waals surface area contributed by atoms with E-state index in [0.29, 0.717) is 23.4 Å². The molecule has 0 spiro atoms. The van der Waals surface area contributed by atoms with E-state index in [-0.39, 0.29) is 6.61 Å². The summed E-state index contributed by atoms with van der Waals surface area (Å²) in [5, 5.41) is 23.3. The number of hydrogen-bond donors (Lipinski definition) is 3. The summed E-state index contributed by atoms with van der Waals surface area (Å²) >= 11 is 6.02. The van der Waals surface area contributed by atoms with Crippen molar-refractivity contribution in [1.82, 2.24) is 10.2 Å². The first-order chi connectivity index (χ1) is 10.6. The van der Waals surface area contributed by atoms with Gasteiger partial charge in [-0.1, -0.05) is 11.6 Å². The second-order valence-electron chi connectivity index (χ2n) is 6.13. The molecule has 1 aromatic rings. The van der Waals surface area contributed by atoms with Crippen molar-refractivity contribution in [2.45, 2.75) is 45.2 Å². The SMILES string of the molecule is Cc1cc(Cl)cc(CNCCCCN2CCCC2CO)c1O. The summed E-state index contributed by atoms with van der Waals surface area (Å²) < 4.78 is 0. The van der Waals surface area contributed by atoms with Crippen LogP contribution in [0, 0.1) is 6.92 Å². The molecule has 0 aromatic heterocycles. The average molecular weight is 327 g/mol. The summed E-state index contributed by atoms with van der Waals surface area (Å²) in [7, 11) is 0. The smallest absolute Gasteiger partial charge is 0.123 e. The largest absolute Gasteiger partial charge is 0.507 e. The summed E-state index contributed by atoms with van der Waals surface area (Å²) in [6.07, 6.45) is 4.55. The number of phenols is 1. The number of benzene rings is 1. The highest BCUT2D eigenvalue weighted by molar-refractivity contribution is 6.30. The van der Waals surface area contributed by atoms with Crippen LogP contribution in [-0.4, -0.2) is 47.4 Å².